The third kappa shape index (κ3) is 5.62. The van der Waals surface area contributed by atoms with Crippen LogP contribution in [0.4, 0.5) is 4.39 Å². The highest BCUT2D eigenvalue weighted by atomic mass is 79.9. The molecule has 1 atom stereocenters. The van der Waals surface area contributed by atoms with E-state index >= 15 is 0 Å². The van der Waals surface area contributed by atoms with Gasteiger partial charge < -0.3 is 5.32 Å². The molecule has 1 nitrogen and oxygen atoms in total. The molecule has 0 fully saturated rings. The molecule has 1 aromatic carbocycles. The van der Waals surface area contributed by atoms with E-state index in [0.29, 0.717) is 4.47 Å². The summed E-state index contributed by atoms with van der Waals surface area (Å²) in [6, 6.07) is 5.38. The van der Waals surface area contributed by atoms with Crippen molar-refractivity contribution in [3.8, 4) is 0 Å². The zero-order chi connectivity index (χ0) is 14.8. The molecular weight excluding hydrogens is 305 g/mol. The molecule has 108 valence electrons. The van der Waals surface area contributed by atoms with E-state index < -0.39 is 0 Å². The van der Waals surface area contributed by atoms with Crippen molar-refractivity contribution in [3.05, 3.63) is 34.1 Å². The number of hydrogen-bond acceptors (Lipinski definition) is 1. The van der Waals surface area contributed by atoms with E-state index in [0.717, 1.165) is 12.0 Å². The van der Waals surface area contributed by atoms with Crippen molar-refractivity contribution in [1.29, 1.82) is 0 Å². The summed E-state index contributed by atoms with van der Waals surface area (Å²) >= 11 is 3.24. The fraction of sp³-hybridized carbons (Fsp3) is 0.625. The Labute approximate surface area is 125 Å². The van der Waals surface area contributed by atoms with Crippen LogP contribution in [-0.4, -0.2) is 5.54 Å². The lowest BCUT2D eigenvalue weighted by Gasteiger charge is -2.36. The molecule has 0 heterocycles. The normalized spacial score (nSPS) is 14.5. The van der Waals surface area contributed by atoms with Crippen LogP contribution in [-0.2, 0) is 0 Å². The zero-order valence-corrected chi connectivity index (χ0v) is 14.4. The summed E-state index contributed by atoms with van der Waals surface area (Å²) in [5, 5.41) is 3.63. The van der Waals surface area contributed by atoms with E-state index in [4.69, 9.17) is 0 Å². The van der Waals surface area contributed by atoms with Gasteiger partial charge in [-0.05, 0) is 66.2 Å². The van der Waals surface area contributed by atoms with Gasteiger partial charge in [-0.2, -0.15) is 0 Å². The van der Waals surface area contributed by atoms with Gasteiger partial charge in [-0.1, -0.05) is 26.8 Å². The van der Waals surface area contributed by atoms with E-state index in [-0.39, 0.29) is 22.8 Å². The summed E-state index contributed by atoms with van der Waals surface area (Å²) in [5.41, 5.74) is 1.41. The summed E-state index contributed by atoms with van der Waals surface area (Å²) in [6.45, 7) is 13.3. The van der Waals surface area contributed by atoms with Gasteiger partial charge in [-0.25, -0.2) is 4.39 Å². The summed E-state index contributed by atoms with van der Waals surface area (Å²) in [4.78, 5) is 0. The molecule has 1 N–H and O–H groups in total. The topological polar surface area (TPSA) is 12.0 Å². The summed E-state index contributed by atoms with van der Waals surface area (Å²) < 4.78 is 13.8. The van der Waals surface area contributed by atoms with Crippen LogP contribution in [0.2, 0.25) is 0 Å². The van der Waals surface area contributed by atoms with Crippen molar-refractivity contribution < 1.29 is 4.39 Å². The molecule has 0 amide bonds. The molecule has 0 saturated carbocycles. The van der Waals surface area contributed by atoms with Crippen LogP contribution in [0, 0.1) is 11.2 Å². The molecule has 1 aromatic rings. The monoisotopic (exact) mass is 329 g/mol. The third-order valence-electron chi connectivity index (χ3n) is 3.02. The number of hydrogen-bond donors (Lipinski definition) is 1. The summed E-state index contributed by atoms with van der Waals surface area (Å²) in [5.74, 6) is -0.218. The van der Waals surface area contributed by atoms with Gasteiger partial charge in [-0.3, -0.25) is 0 Å². The van der Waals surface area contributed by atoms with Crippen LogP contribution in [0.15, 0.2) is 22.7 Å². The number of halogens is 2. The minimum atomic E-state index is -0.218. The fourth-order valence-corrected chi connectivity index (χ4v) is 3.22. The van der Waals surface area contributed by atoms with E-state index in [1.807, 2.05) is 12.1 Å². The van der Waals surface area contributed by atoms with Gasteiger partial charge in [0.2, 0.25) is 0 Å². The second-order valence-corrected chi connectivity index (χ2v) is 8.02. The molecule has 0 aromatic heterocycles. The SMILES string of the molecule is CC(NC(C)(C)CC(C)(C)C)c1ccc(F)c(Br)c1. The largest absolute Gasteiger partial charge is 0.305 e. The van der Waals surface area contributed by atoms with Crippen molar-refractivity contribution in [1.82, 2.24) is 5.32 Å². The first kappa shape index (κ1) is 16.6. The Balaban J connectivity index is 2.78. The predicted molar refractivity (Wildman–Crippen MR) is 83.8 cm³/mol. The van der Waals surface area contributed by atoms with Gasteiger partial charge in [0.1, 0.15) is 5.82 Å². The lowest BCUT2D eigenvalue weighted by molar-refractivity contribution is 0.227. The Kier molecular flexibility index (Phi) is 5.19. The highest BCUT2D eigenvalue weighted by Gasteiger charge is 2.27. The number of benzene rings is 1. The molecular formula is C16H25BrFN. The Hall–Kier alpha value is -0.410. The quantitative estimate of drug-likeness (QED) is 0.774. The average molecular weight is 330 g/mol. The summed E-state index contributed by atoms with van der Waals surface area (Å²) in [7, 11) is 0. The number of rotatable bonds is 4. The van der Waals surface area contributed by atoms with Crippen LogP contribution < -0.4 is 5.32 Å². The van der Waals surface area contributed by atoms with Gasteiger partial charge in [0, 0.05) is 11.6 Å². The minimum Gasteiger partial charge on any atom is -0.305 e. The highest BCUT2D eigenvalue weighted by molar-refractivity contribution is 9.10. The lowest BCUT2D eigenvalue weighted by Crippen LogP contribution is -2.43. The molecule has 0 saturated heterocycles. The van der Waals surface area contributed by atoms with Crippen molar-refractivity contribution in [3.63, 3.8) is 0 Å². The van der Waals surface area contributed by atoms with Crippen LogP contribution in [0.1, 0.15) is 59.6 Å². The zero-order valence-electron chi connectivity index (χ0n) is 12.8. The van der Waals surface area contributed by atoms with Gasteiger partial charge in [0.05, 0.1) is 4.47 Å². The Morgan fingerprint density at radius 2 is 1.79 bits per heavy atom. The first-order chi connectivity index (χ1) is 8.50. The van der Waals surface area contributed by atoms with Crippen LogP contribution in [0.3, 0.4) is 0 Å². The van der Waals surface area contributed by atoms with Crippen molar-refractivity contribution in [2.45, 2.75) is 59.5 Å². The number of nitrogens with one attached hydrogen (secondary N) is 1. The molecule has 0 aliphatic carbocycles. The van der Waals surface area contributed by atoms with Crippen molar-refractivity contribution in [2.24, 2.45) is 5.41 Å². The molecule has 0 bridgehead atoms. The predicted octanol–water partition coefficient (Wildman–Crippen LogP) is 5.45. The van der Waals surface area contributed by atoms with E-state index in [2.05, 4.69) is 62.8 Å². The van der Waals surface area contributed by atoms with Crippen molar-refractivity contribution in [2.75, 3.05) is 0 Å². The third-order valence-corrected chi connectivity index (χ3v) is 3.63. The fourth-order valence-electron chi connectivity index (χ4n) is 2.83. The van der Waals surface area contributed by atoms with Gasteiger partial charge in [-0.15, -0.1) is 0 Å². The molecule has 3 heteroatoms. The molecule has 1 rings (SSSR count). The van der Waals surface area contributed by atoms with Gasteiger partial charge in [0.25, 0.3) is 0 Å². The van der Waals surface area contributed by atoms with E-state index in [1.165, 1.54) is 6.07 Å². The Morgan fingerprint density at radius 1 is 1.21 bits per heavy atom. The average Bonchev–Trinajstić information content (AvgIpc) is 2.17. The highest BCUT2D eigenvalue weighted by Crippen LogP contribution is 2.29. The molecule has 0 radical (unpaired) electrons. The van der Waals surface area contributed by atoms with Crippen LogP contribution in [0.25, 0.3) is 0 Å². The lowest BCUT2D eigenvalue weighted by atomic mass is 9.81. The molecule has 0 spiro atoms. The second kappa shape index (κ2) is 5.92. The van der Waals surface area contributed by atoms with E-state index in [9.17, 15) is 4.39 Å². The smallest absolute Gasteiger partial charge is 0.137 e. The molecule has 0 aliphatic rings. The Bertz CT molecular complexity index is 435. The second-order valence-electron chi connectivity index (χ2n) is 7.16. The maximum absolute atomic E-state index is 13.3. The van der Waals surface area contributed by atoms with Crippen LogP contribution in [0.5, 0.6) is 0 Å². The molecule has 19 heavy (non-hydrogen) atoms. The first-order valence-electron chi connectivity index (χ1n) is 6.73. The molecule has 1 unspecified atom stereocenters. The first-order valence-corrected chi connectivity index (χ1v) is 7.52. The Morgan fingerprint density at radius 3 is 2.26 bits per heavy atom. The maximum atomic E-state index is 13.3. The van der Waals surface area contributed by atoms with Crippen LogP contribution >= 0.6 is 15.9 Å². The van der Waals surface area contributed by atoms with Gasteiger partial charge in [0.15, 0.2) is 0 Å². The van der Waals surface area contributed by atoms with Crippen molar-refractivity contribution >= 4 is 15.9 Å². The minimum absolute atomic E-state index is 0.0402. The van der Waals surface area contributed by atoms with E-state index in [1.54, 1.807) is 0 Å². The van der Waals surface area contributed by atoms with Gasteiger partial charge >= 0.3 is 0 Å². The standard InChI is InChI=1S/C16H25BrFN/c1-11(12-7-8-14(18)13(17)9-12)19-16(5,6)10-15(2,3)4/h7-9,11,19H,10H2,1-6H3. The maximum Gasteiger partial charge on any atom is 0.137 e. The molecule has 0 aliphatic heterocycles. The summed E-state index contributed by atoms with van der Waals surface area (Å²) in [6.07, 6.45) is 1.08.